The number of nitrogens with zero attached hydrogens (tertiary/aromatic N) is 2. The highest BCUT2D eigenvalue weighted by Crippen LogP contribution is 2.45. The molecule has 2 heterocycles. The molecule has 24 heavy (non-hydrogen) atoms. The molecule has 3 aromatic rings. The summed E-state index contributed by atoms with van der Waals surface area (Å²) in [5.74, 6) is -0.0645. The summed E-state index contributed by atoms with van der Waals surface area (Å²) in [7, 11) is 0. The lowest BCUT2D eigenvalue weighted by molar-refractivity contribution is -0.123. The SMILES string of the molecule is O=C1C(Cl)C(c2ccc(Br)cc2)N1c1ccc(O)c2ncccc12. The molecule has 1 aromatic heterocycles. The third-order valence-corrected chi connectivity index (χ3v) is 5.18. The molecule has 0 radical (unpaired) electrons. The van der Waals surface area contributed by atoms with Crippen molar-refractivity contribution in [2.45, 2.75) is 11.4 Å². The lowest BCUT2D eigenvalue weighted by Gasteiger charge is -2.45. The van der Waals surface area contributed by atoms with Crippen LogP contribution >= 0.6 is 27.5 Å². The number of hydrogen-bond acceptors (Lipinski definition) is 3. The van der Waals surface area contributed by atoms with Crippen LogP contribution < -0.4 is 4.90 Å². The summed E-state index contributed by atoms with van der Waals surface area (Å²) in [6.45, 7) is 0. The number of carbonyl (C=O) groups excluding carboxylic acids is 1. The van der Waals surface area contributed by atoms with Crippen LogP contribution in [-0.2, 0) is 4.79 Å². The quantitative estimate of drug-likeness (QED) is 0.510. The lowest BCUT2D eigenvalue weighted by atomic mass is 9.91. The molecular formula is C18H12BrClN2O2. The van der Waals surface area contributed by atoms with Crippen molar-refractivity contribution in [3.8, 4) is 5.75 Å². The van der Waals surface area contributed by atoms with Crippen LogP contribution in [0.5, 0.6) is 5.75 Å². The number of phenols is 1. The Morgan fingerprint density at radius 1 is 1.12 bits per heavy atom. The Kier molecular flexibility index (Phi) is 3.70. The minimum atomic E-state index is -0.605. The number of β-lactam (4-membered cyclic amide) rings is 1. The predicted octanol–water partition coefficient (Wildman–Crippen LogP) is 4.40. The summed E-state index contributed by atoms with van der Waals surface area (Å²) in [6, 6.07) is 14.4. The van der Waals surface area contributed by atoms with Crippen LogP contribution in [0.3, 0.4) is 0 Å². The van der Waals surface area contributed by atoms with Gasteiger partial charge in [0.05, 0.1) is 11.7 Å². The minimum absolute atomic E-state index is 0.0879. The van der Waals surface area contributed by atoms with E-state index in [0.29, 0.717) is 11.2 Å². The van der Waals surface area contributed by atoms with Gasteiger partial charge in [-0.2, -0.15) is 0 Å². The Morgan fingerprint density at radius 3 is 2.62 bits per heavy atom. The molecule has 4 nitrogen and oxygen atoms in total. The fourth-order valence-corrected chi connectivity index (χ4v) is 3.68. The Bertz CT molecular complexity index is 945. The van der Waals surface area contributed by atoms with Crippen molar-refractivity contribution in [1.29, 1.82) is 0 Å². The van der Waals surface area contributed by atoms with E-state index >= 15 is 0 Å². The van der Waals surface area contributed by atoms with Crippen molar-refractivity contribution in [1.82, 2.24) is 4.98 Å². The average molecular weight is 404 g/mol. The number of halogens is 2. The number of fused-ring (bicyclic) bond motifs is 1. The first kappa shape index (κ1) is 15.4. The summed E-state index contributed by atoms with van der Waals surface area (Å²) in [6.07, 6.45) is 1.61. The van der Waals surface area contributed by atoms with Crippen molar-refractivity contribution >= 4 is 50.0 Å². The summed E-state index contributed by atoms with van der Waals surface area (Å²) in [5.41, 5.74) is 2.13. The monoisotopic (exact) mass is 402 g/mol. The van der Waals surface area contributed by atoms with Crippen LogP contribution in [0.1, 0.15) is 11.6 Å². The molecule has 0 bridgehead atoms. The molecule has 0 saturated carbocycles. The molecule has 2 atom stereocenters. The fourth-order valence-electron chi connectivity index (χ4n) is 3.05. The van der Waals surface area contributed by atoms with Crippen molar-refractivity contribution in [3.05, 3.63) is 64.8 Å². The minimum Gasteiger partial charge on any atom is -0.506 e. The van der Waals surface area contributed by atoms with E-state index in [0.717, 1.165) is 15.4 Å². The third-order valence-electron chi connectivity index (χ3n) is 4.23. The van der Waals surface area contributed by atoms with E-state index in [4.69, 9.17) is 11.6 Å². The van der Waals surface area contributed by atoms with Gasteiger partial charge < -0.3 is 10.0 Å². The van der Waals surface area contributed by atoms with Crippen LogP contribution in [0.4, 0.5) is 5.69 Å². The number of pyridine rings is 1. The molecule has 4 rings (SSSR count). The standard InChI is InChI=1S/C18H12BrClN2O2/c19-11-5-3-10(4-6-11)17-15(20)18(24)22(17)13-7-8-14(23)16-12(13)2-1-9-21-16/h1-9,15,17,23H. The highest BCUT2D eigenvalue weighted by Gasteiger charge is 2.48. The second kappa shape index (κ2) is 5.76. The summed E-state index contributed by atoms with van der Waals surface area (Å²) >= 11 is 9.71. The molecule has 1 N–H and O–H groups in total. The van der Waals surface area contributed by atoms with E-state index in [1.165, 1.54) is 0 Å². The number of alkyl halides is 1. The van der Waals surface area contributed by atoms with Gasteiger partial charge in [-0.15, -0.1) is 11.6 Å². The van der Waals surface area contributed by atoms with Gasteiger partial charge in [0.2, 0.25) is 5.91 Å². The number of phenolic OH excluding ortho intramolecular Hbond substituents is 1. The lowest BCUT2D eigenvalue weighted by Crippen LogP contribution is -2.56. The maximum absolute atomic E-state index is 12.4. The number of aromatic hydroxyl groups is 1. The topological polar surface area (TPSA) is 53.4 Å². The van der Waals surface area contributed by atoms with E-state index in [-0.39, 0.29) is 17.7 Å². The molecule has 0 spiro atoms. The summed E-state index contributed by atoms with van der Waals surface area (Å²) in [5, 5.41) is 10.1. The molecule has 1 fully saturated rings. The van der Waals surface area contributed by atoms with Crippen LogP contribution in [0.25, 0.3) is 10.9 Å². The van der Waals surface area contributed by atoms with Gasteiger partial charge in [-0.25, -0.2) is 0 Å². The normalized spacial score (nSPS) is 20.2. The maximum Gasteiger partial charge on any atom is 0.248 e. The van der Waals surface area contributed by atoms with Gasteiger partial charge in [-0.3, -0.25) is 9.78 Å². The van der Waals surface area contributed by atoms with Crippen LogP contribution in [0.15, 0.2) is 59.2 Å². The first-order valence-corrected chi connectivity index (χ1v) is 8.60. The number of carbonyl (C=O) groups is 1. The van der Waals surface area contributed by atoms with E-state index in [2.05, 4.69) is 20.9 Å². The van der Waals surface area contributed by atoms with E-state index in [1.807, 2.05) is 30.3 Å². The Morgan fingerprint density at radius 2 is 1.88 bits per heavy atom. The van der Waals surface area contributed by atoms with E-state index < -0.39 is 5.38 Å². The van der Waals surface area contributed by atoms with Gasteiger partial charge in [-0.1, -0.05) is 28.1 Å². The van der Waals surface area contributed by atoms with Crippen LogP contribution in [0, 0.1) is 0 Å². The third kappa shape index (κ3) is 2.27. The second-order valence-electron chi connectivity index (χ2n) is 5.61. The summed E-state index contributed by atoms with van der Waals surface area (Å²) in [4.78, 5) is 18.3. The van der Waals surface area contributed by atoms with Gasteiger partial charge in [0.25, 0.3) is 0 Å². The van der Waals surface area contributed by atoms with Crippen molar-refractivity contribution < 1.29 is 9.90 Å². The molecule has 2 unspecified atom stereocenters. The van der Waals surface area contributed by atoms with Gasteiger partial charge in [0.15, 0.2) is 0 Å². The number of rotatable bonds is 2. The zero-order chi connectivity index (χ0) is 16.8. The van der Waals surface area contributed by atoms with Crippen molar-refractivity contribution in [2.75, 3.05) is 4.90 Å². The van der Waals surface area contributed by atoms with Gasteiger partial charge in [0.1, 0.15) is 16.6 Å². The second-order valence-corrected chi connectivity index (χ2v) is 7.00. The molecule has 1 saturated heterocycles. The molecule has 2 aromatic carbocycles. The maximum atomic E-state index is 12.4. The number of aromatic nitrogens is 1. The van der Waals surface area contributed by atoms with Gasteiger partial charge in [0, 0.05) is 16.1 Å². The number of hydrogen-bond donors (Lipinski definition) is 1. The highest BCUT2D eigenvalue weighted by atomic mass is 79.9. The highest BCUT2D eigenvalue weighted by molar-refractivity contribution is 9.10. The molecule has 0 aliphatic carbocycles. The fraction of sp³-hybridized carbons (Fsp3) is 0.111. The predicted molar refractivity (Wildman–Crippen MR) is 97.4 cm³/mol. The van der Waals surface area contributed by atoms with Crippen LogP contribution in [0.2, 0.25) is 0 Å². The Hall–Kier alpha value is -2.11. The number of benzene rings is 2. The first-order valence-electron chi connectivity index (χ1n) is 7.37. The molecule has 6 heteroatoms. The Balaban J connectivity index is 1.84. The van der Waals surface area contributed by atoms with Gasteiger partial charge in [-0.05, 0) is 42.0 Å². The smallest absolute Gasteiger partial charge is 0.248 e. The summed E-state index contributed by atoms with van der Waals surface area (Å²) < 4.78 is 0.967. The van der Waals surface area contributed by atoms with E-state index in [1.54, 1.807) is 29.3 Å². The van der Waals surface area contributed by atoms with Crippen molar-refractivity contribution in [2.24, 2.45) is 0 Å². The zero-order valence-electron chi connectivity index (χ0n) is 12.4. The number of anilines is 1. The zero-order valence-corrected chi connectivity index (χ0v) is 14.7. The first-order chi connectivity index (χ1) is 11.6. The largest absolute Gasteiger partial charge is 0.506 e. The molecule has 120 valence electrons. The molecular weight excluding hydrogens is 392 g/mol. The van der Waals surface area contributed by atoms with Crippen molar-refractivity contribution in [3.63, 3.8) is 0 Å². The molecule has 1 aliphatic heterocycles. The van der Waals surface area contributed by atoms with Gasteiger partial charge >= 0.3 is 0 Å². The Labute approximate surface area is 151 Å². The van der Waals surface area contributed by atoms with Crippen LogP contribution in [-0.4, -0.2) is 21.4 Å². The average Bonchev–Trinajstić information content (AvgIpc) is 2.61. The molecule has 1 aliphatic rings. The molecule has 1 amide bonds. The van der Waals surface area contributed by atoms with E-state index in [9.17, 15) is 9.90 Å². The number of amides is 1.